The molecule has 2 atom stereocenters. The van der Waals surface area contributed by atoms with Crippen molar-refractivity contribution in [2.75, 3.05) is 47.5 Å². The van der Waals surface area contributed by atoms with Crippen molar-refractivity contribution in [3.05, 3.63) is 146 Å². The second kappa shape index (κ2) is 81.0. The maximum Gasteiger partial charge on any atom is 0.306 e. The molecule has 10 heteroatoms. The first-order valence-electron chi connectivity index (χ1n) is 42.5. The molecule has 0 aliphatic heterocycles. The number of ether oxygens (including phenoxy) is 2. The predicted molar refractivity (Wildman–Crippen MR) is 443 cm³/mol. The number of allylic oxidation sites excluding steroid dienone is 24. The first kappa shape index (κ1) is 97.9. The predicted octanol–water partition coefficient (Wildman–Crippen LogP) is 28.2. The summed E-state index contributed by atoms with van der Waals surface area (Å²) in [5.74, 6) is -0.822. The van der Waals surface area contributed by atoms with Crippen molar-refractivity contribution < 1.29 is 42.1 Å². The van der Waals surface area contributed by atoms with E-state index in [4.69, 9.17) is 18.5 Å². The summed E-state index contributed by atoms with van der Waals surface area (Å²) in [4.78, 5) is 38.2. The molecule has 9 nitrogen and oxygen atoms in total. The number of phosphoric ester groups is 1. The van der Waals surface area contributed by atoms with E-state index in [-0.39, 0.29) is 32.0 Å². The molecule has 0 saturated heterocycles. The Kier molecular flexibility index (Phi) is 77.7. The summed E-state index contributed by atoms with van der Waals surface area (Å²) in [7, 11) is 1.17. The molecule has 0 aromatic rings. The zero-order chi connectivity index (χ0) is 74.0. The Bertz CT molecular complexity index is 2240. The number of esters is 2. The SMILES string of the molecule is CC/C=C\C/C=C\C/C=C\C/C=C\C/C=C\C/C=C\C/C=C\C/C=C\CCCCCCCCCCCCCCCCC(=O)OC(COC(=O)CCCCCCCCCCCCCCCCCCCCCCCCCCCC/C=C\C/C=C\C/C=C\C/C=C\CC)COP(=O)([O-])OCC[N+](C)(C)C. The standard InChI is InChI=1S/C92H160NO8P/c1-6-8-10-12-14-16-18-20-22-24-26-28-30-32-34-36-38-40-42-44-46-48-50-52-54-56-58-60-62-64-66-68-70-72-74-76-78-80-82-84-91(94)98-88-90(89-100-102(96,97)99-87-86-93(3,4)5)101-92(95)85-83-81-79-77-75-73-71-69-67-65-63-61-59-57-55-53-51-49-47-45-43-41-39-37-35-33-31-29-27-25-23-21-19-17-15-13-11-9-7-2/h8-11,14-17,20-23,26-29,33,35,39,41,45,47,51,53,90H,6-7,12-13,18-19,24-25,30-32,34,36-38,40,42-44,46,48-50,52,54-89H2,1-5H3/b10-8-,11-9-,16-14-,17-15-,22-20-,23-21-,28-26-,29-27-,35-33-,41-39-,47-45-,53-51-. The fourth-order valence-corrected chi connectivity index (χ4v) is 12.7. The maximum absolute atomic E-state index is 12.9. The normalized spacial score (nSPS) is 13.7. The second-order valence-corrected chi connectivity index (χ2v) is 30.8. The minimum Gasteiger partial charge on any atom is -0.756 e. The van der Waals surface area contributed by atoms with Gasteiger partial charge in [-0.2, -0.15) is 0 Å². The molecule has 0 radical (unpaired) electrons. The van der Waals surface area contributed by atoms with E-state index in [1.54, 1.807) is 0 Å². The van der Waals surface area contributed by atoms with Crippen molar-refractivity contribution in [3.63, 3.8) is 0 Å². The van der Waals surface area contributed by atoms with Gasteiger partial charge in [0.15, 0.2) is 6.10 Å². The molecule has 0 fully saturated rings. The summed E-state index contributed by atoms with van der Waals surface area (Å²) >= 11 is 0. The van der Waals surface area contributed by atoms with E-state index < -0.39 is 26.5 Å². The molecule has 0 aromatic carbocycles. The van der Waals surface area contributed by atoms with E-state index in [9.17, 15) is 19.0 Å². The van der Waals surface area contributed by atoms with Gasteiger partial charge in [0.2, 0.25) is 0 Å². The summed E-state index contributed by atoms with van der Waals surface area (Å²) < 4.78 is 34.5. The molecular formula is C92H160NO8P. The lowest BCUT2D eigenvalue weighted by Gasteiger charge is -2.28. The number of carbonyl (C=O) groups excluding carboxylic acids is 2. The van der Waals surface area contributed by atoms with E-state index in [1.165, 1.54) is 225 Å². The minimum absolute atomic E-state index is 0.0336. The van der Waals surface area contributed by atoms with E-state index in [2.05, 4.69) is 160 Å². The number of quaternary nitrogens is 1. The van der Waals surface area contributed by atoms with Crippen molar-refractivity contribution in [2.45, 2.75) is 380 Å². The van der Waals surface area contributed by atoms with Gasteiger partial charge < -0.3 is 27.9 Å². The summed E-state index contributed by atoms with van der Waals surface area (Å²) in [6.45, 7) is 4.05. The summed E-state index contributed by atoms with van der Waals surface area (Å²) in [6.07, 6.45) is 120. The quantitative estimate of drug-likeness (QED) is 0.0195. The molecule has 0 spiro atoms. The number of nitrogens with zero attached hydrogens (tertiary/aromatic N) is 1. The van der Waals surface area contributed by atoms with Gasteiger partial charge in [-0.05, 0) is 116 Å². The highest BCUT2D eigenvalue weighted by Crippen LogP contribution is 2.38. The van der Waals surface area contributed by atoms with Gasteiger partial charge in [0.05, 0.1) is 27.7 Å². The molecule has 102 heavy (non-hydrogen) atoms. The average Bonchev–Trinajstić information content (AvgIpc) is 0.914. The third-order valence-corrected chi connectivity index (χ3v) is 19.3. The van der Waals surface area contributed by atoms with Gasteiger partial charge in [-0.25, -0.2) is 0 Å². The minimum atomic E-state index is -4.65. The molecule has 0 heterocycles. The molecule has 0 aliphatic carbocycles. The first-order valence-corrected chi connectivity index (χ1v) is 44.0. The maximum atomic E-state index is 12.9. The molecule has 586 valence electrons. The van der Waals surface area contributed by atoms with E-state index in [1.807, 2.05) is 21.1 Å². The second-order valence-electron chi connectivity index (χ2n) is 29.4. The zero-order valence-electron chi connectivity index (χ0n) is 67.0. The van der Waals surface area contributed by atoms with E-state index >= 15 is 0 Å². The van der Waals surface area contributed by atoms with Crippen molar-refractivity contribution in [1.29, 1.82) is 0 Å². The zero-order valence-corrected chi connectivity index (χ0v) is 67.9. The van der Waals surface area contributed by atoms with Crippen molar-refractivity contribution in [1.82, 2.24) is 0 Å². The molecule has 0 aliphatic rings. The van der Waals surface area contributed by atoms with Crippen LogP contribution in [-0.4, -0.2) is 70.0 Å². The monoisotopic (exact) mass is 1440 g/mol. The van der Waals surface area contributed by atoms with Gasteiger partial charge in [0, 0.05) is 12.8 Å². The van der Waals surface area contributed by atoms with Crippen LogP contribution in [0.3, 0.4) is 0 Å². The third-order valence-electron chi connectivity index (χ3n) is 18.4. The number of rotatable bonds is 78. The Morgan fingerprint density at radius 1 is 0.304 bits per heavy atom. The number of unbranched alkanes of at least 4 members (excludes halogenated alkanes) is 40. The third kappa shape index (κ3) is 84.8. The van der Waals surface area contributed by atoms with Crippen LogP contribution >= 0.6 is 7.82 Å². The Hall–Kier alpha value is -4.11. The molecule has 2 unspecified atom stereocenters. The van der Waals surface area contributed by atoms with Crippen molar-refractivity contribution in [3.8, 4) is 0 Å². The molecule has 0 rings (SSSR count). The lowest BCUT2D eigenvalue weighted by Crippen LogP contribution is -2.37. The fraction of sp³-hybridized carbons (Fsp3) is 0.717. The number of hydrogen-bond donors (Lipinski definition) is 0. The van der Waals surface area contributed by atoms with Crippen LogP contribution in [0.1, 0.15) is 373 Å². The highest BCUT2D eigenvalue weighted by Gasteiger charge is 2.22. The molecule has 0 aromatic heterocycles. The van der Waals surface area contributed by atoms with Gasteiger partial charge in [-0.15, -0.1) is 0 Å². The van der Waals surface area contributed by atoms with Crippen LogP contribution in [-0.2, 0) is 32.7 Å². The van der Waals surface area contributed by atoms with Crippen LogP contribution in [0.2, 0.25) is 0 Å². The van der Waals surface area contributed by atoms with Gasteiger partial charge in [0.1, 0.15) is 19.8 Å². The van der Waals surface area contributed by atoms with Gasteiger partial charge in [-0.3, -0.25) is 14.2 Å². The van der Waals surface area contributed by atoms with Gasteiger partial charge in [0.25, 0.3) is 7.82 Å². The number of hydrogen-bond acceptors (Lipinski definition) is 8. The van der Waals surface area contributed by atoms with Gasteiger partial charge in [-0.1, -0.05) is 391 Å². The Balaban J connectivity index is 3.93. The molecule has 0 amide bonds. The largest absolute Gasteiger partial charge is 0.756 e. The highest BCUT2D eigenvalue weighted by atomic mass is 31.2. The van der Waals surface area contributed by atoms with Crippen LogP contribution in [0, 0.1) is 0 Å². The lowest BCUT2D eigenvalue weighted by molar-refractivity contribution is -0.870. The Morgan fingerprint density at radius 2 is 0.529 bits per heavy atom. The summed E-state index contributed by atoms with van der Waals surface area (Å²) in [5.41, 5.74) is 0. The first-order chi connectivity index (χ1) is 50.0. The number of likely N-dealkylation sites (N-methyl/N-ethyl adjacent to an activating group) is 1. The fourth-order valence-electron chi connectivity index (χ4n) is 12.0. The molecule has 0 N–H and O–H groups in total. The van der Waals surface area contributed by atoms with Gasteiger partial charge >= 0.3 is 11.9 Å². The smallest absolute Gasteiger partial charge is 0.306 e. The Morgan fingerprint density at radius 3 is 0.784 bits per heavy atom. The number of phosphoric acid groups is 1. The van der Waals surface area contributed by atoms with Crippen LogP contribution in [0.4, 0.5) is 0 Å². The average molecular weight is 1440 g/mol. The van der Waals surface area contributed by atoms with E-state index in [0.717, 1.165) is 116 Å². The van der Waals surface area contributed by atoms with Crippen LogP contribution < -0.4 is 4.89 Å². The summed E-state index contributed by atoms with van der Waals surface area (Å²) in [5, 5.41) is 0. The van der Waals surface area contributed by atoms with Crippen molar-refractivity contribution >= 4 is 19.8 Å². The topological polar surface area (TPSA) is 111 Å². The summed E-state index contributed by atoms with van der Waals surface area (Å²) in [6, 6.07) is 0. The highest BCUT2D eigenvalue weighted by molar-refractivity contribution is 7.45. The Labute approximate surface area is 631 Å². The molecule has 0 bridgehead atoms. The van der Waals surface area contributed by atoms with Crippen LogP contribution in [0.25, 0.3) is 0 Å². The van der Waals surface area contributed by atoms with Crippen molar-refractivity contribution in [2.24, 2.45) is 0 Å². The lowest BCUT2D eigenvalue weighted by atomic mass is 10.0. The molecule has 0 saturated carbocycles. The van der Waals surface area contributed by atoms with Crippen LogP contribution in [0.5, 0.6) is 0 Å². The molecular weight excluding hydrogens is 1280 g/mol. The number of carbonyl (C=O) groups is 2. The van der Waals surface area contributed by atoms with E-state index in [0.29, 0.717) is 17.4 Å². The van der Waals surface area contributed by atoms with Crippen LogP contribution in [0.15, 0.2) is 146 Å².